The van der Waals surface area contributed by atoms with Gasteiger partial charge in [0.2, 0.25) is 15.9 Å². The lowest BCUT2D eigenvalue weighted by Gasteiger charge is -2.23. The van der Waals surface area contributed by atoms with E-state index in [-0.39, 0.29) is 29.1 Å². The molecular formula is C28H34N2O3S. The number of aryl methyl sites for hydroxylation is 1. The van der Waals surface area contributed by atoms with Crippen molar-refractivity contribution < 1.29 is 13.2 Å². The van der Waals surface area contributed by atoms with Gasteiger partial charge in [-0.05, 0) is 54.0 Å². The molecule has 0 saturated heterocycles. The number of carbonyl (C=O) groups is 1. The van der Waals surface area contributed by atoms with E-state index < -0.39 is 16.1 Å². The number of rotatable bonds is 9. The Bertz CT molecular complexity index is 1190. The first kappa shape index (κ1) is 25.7. The van der Waals surface area contributed by atoms with E-state index in [1.807, 2.05) is 55.5 Å². The number of para-hydroxylation sites is 1. The van der Waals surface area contributed by atoms with Crippen molar-refractivity contribution in [2.24, 2.45) is 0 Å². The zero-order valence-electron chi connectivity index (χ0n) is 20.5. The standard InChI is InChI=1S/C28H34N2O3S/c1-19(2)24-12-9-13-25(20(3)4)27(24)29-28(31)26(18-22-10-7-6-8-11-22)30-34(32,33)23-16-14-21(5)15-17-23/h6-17,19-20,26,30H,18H2,1-5H3,(H,29,31)/t26-/m0/s1. The van der Waals surface area contributed by atoms with Crippen molar-refractivity contribution in [2.45, 2.75) is 63.8 Å². The van der Waals surface area contributed by atoms with Crippen LogP contribution in [0.2, 0.25) is 0 Å². The van der Waals surface area contributed by atoms with Gasteiger partial charge in [-0.15, -0.1) is 0 Å². The lowest BCUT2D eigenvalue weighted by atomic mass is 9.92. The van der Waals surface area contributed by atoms with E-state index in [9.17, 15) is 13.2 Å². The zero-order chi connectivity index (χ0) is 24.9. The van der Waals surface area contributed by atoms with Gasteiger partial charge < -0.3 is 5.32 Å². The molecule has 1 amide bonds. The monoisotopic (exact) mass is 478 g/mol. The van der Waals surface area contributed by atoms with Gasteiger partial charge in [-0.25, -0.2) is 8.42 Å². The number of sulfonamides is 1. The summed E-state index contributed by atoms with van der Waals surface area (Å²) >= 11 is 0. The van der Waals surface area contributed by atoms with Gasteiger partial charge in [-0.1, -0.05) is 93.9 Å². The first-order chi connectivity index (χ1) is 16.1. The molecule has 180 valence electrons. The Balaban J connectivity index is 1.97. The second-order valence-electron chi connectivity index (χ2n) is 9.29. The molecule has 0 spiro atoms. The third kappa shape index (κ3) is 6.33. The quantitative estimate of drug-likeness (QED) is 0.410. The van der Waals surface area contributed by atoms with Crippen molar-refractivity contribution in [1.29, 1.82) is 0 Å². The van der Waals surface area contributed by atoms with Crippen LogP contribution < -0.4 is 10.0 Å². The second kappa shape index (κ2) is 11.0. The summed E-state index contributed by atoms with van der Waals surface area (Å²) < 4.78 is 29.0. The molecule has 0 aliphatic rings. The highest BCUT2D eigenvalue weighted by atomic mass is 32.2. The van der Waals surface area contributed by atoms with Crippen molar-refractivity contribution in [3.8, 4) is 0 Å². The van der Waals surface area contributed by atoms with Gasteiger partial charge in [0.05, 0.1) is 4.90 Å². The van der Waals surface area contributed by atoms with Crippen LogP contribution in [0.3, 0.4) is 0 Å². The summed E-state index contributed by atoms with van der Waals surface area (Å²) in [5.41, 5.74) is 4.66. The molecule has 0 radical (unpaired) electrons. The molecule has 0 bridgehead atoms. The molecule has 3 rings (SSSR count). The Hall–Kier alpha value is -2.96. The van der Waals surface area contributed by atoms with E-state index in [1.54, 1.807) is 24.3 Å². The molecule has 0 unspecified atom stereocenters. The van der Waals surface area contributed by atoms with Crippen molar-refractivity contribution in [3.05, 3.63) is 95.1 Å². The smallest absolute Gasteiger partial charge is 0.242 e. The van der Waals surface area contributed by atoms with E-state index in [0.717, 1.165) is 27.9 Å². The fourth-order valence-electron chi connectivity index (χ4n) is 3.92. The highest BCUT2D eigenvalue weighted by Gasteiger charge is 2.28. The minimum absolute atomic E-state index is 0.134. The number of benzene rings is 3. The van der Waals surface area contributed by atoms with E-state index in [2.05, 4.69) is 37.7 Å². The Morgan fingerprint density at radius 1 is 0.794 bits per heavy atom. The molecule has 1 atom stereocenters. The Labute approximate surface area is 203 Å². The van der Waals surface area contributed by atoms with Crippen LogP contribution in [0.15, 0.2) is 77.7 Å². The highest BCUT2D eigenvalue weighted by molar-refractivity contribution is 7.89. The molecule has 3 aromatic rings. The maximum absolute atomic E-state index is 13.6. The first-order valence-electron chi connectivity index (χ1n) is 11.6. The van der Waals surface area contributed by atoms with Crippen LogP contribution >= 0.6 is 0 Å². The van der Waals surface area contributed by atoms with Crippen LogP contribution in [0.1, 0.15) is 61.8 Å². The van der Waals surface area contributed by atoms with Gasteiger partial charge >= 0.3 is 0 Å². The van der Waals surface area contributed by atoms with Gasteiger partial charge in [0, 0.05) is 5.69 Å². The minimum atomic E-state index is -3.90. The van der Waals surface area contributed by atoms with Crippen LogP contribution in [0.4, 0.5) is 5.69 Å². The van der Waals surface area contributed by atoms with Crippen LogP contribution in [0.5, 0.6) is 0 Å². The second-order valence-corrected chi connectivity index (χ2v) is 11.0. The average Bonchev–Trinajstić information content (AvgIpc) is 2.79. The zero-order valence-corrected chi connectivity index (χ0v) is 21.3. The summed E-state index contributed by atoms with van der Waals surface area (Å²) in [4.78, 5) is 13.7. The maximum Gasteiger partial charge on any atom is 0.242 e. The number of carbonyl (C=O) groups excluding carboxylic acids is 1. The lowest BCUT2D eigenvalue weighted by Crippen LogP contribution is -2.45. The minimum Gasteiger partial charge on any atom is -0.324 e. The van der Waals surface area contributed by atoms with Crippen LogP contribution in [0, 0.1) is 6.92 Å². The molecule has 6 heteroatoms. The average molecular weight is 479 g/mol. The highest BCUT2D eigenvalue weighted by Crippen LogP contribution is 2.32. The number of hydrogen-bond donors (Lipinski definition) is 2. The third-order valence-electron chi connectivity index (χ3n) is 5.85. The van der Waals surface area contributed by atoms with Crippen LogP contribution in [0.25, 0.3) is 0 Å². The summed E-state index contributed by atoms with van der Waals surface area (Å²) in [6.07, 6.45) is 0.235. The normalized spacial score (nSPS) is 12.7. The summed E-state index contributed by atoms with van der Waals surface area (Å²) in [5, 5.41) is 3.08. The molecule has 3 aromatic carbocycles. The molecule has 0 aromatic heterocycles. The first-order valence-corrected chi connectivity index (χ1v) is 13.1. The molecule has 34 heavy (non-hydrogen) atoms. The van der Waals surface area contributed by atoms with Gasteiger partial charge in [0.25, 0.3) is 0 Å². The summed E-state index contributed by atoms with van der Waals surface area (Å²) in [6.45, 7) is 10.2. The topological polar surface area (TPSA) is 75.3 Å². The molecule has 0 saturated carbocycles. The fourth-order valence-corrected chi connectivity index (χ4v) is 5.11. The van der Waals surface area contributed by atoms with Crippen molar-refractivity contribution >= 4 is 21.6 Å². The molecule has 0 aliphatic carbocycles. The fraction of sp³-hybridized carbons (Fsp3) is 0.321. The molecule has 0 heterocycles. The molecule has 5 nitrogen and oxygen atoms in total. The Kier molecular flexibility index (Phi) is 8.28. The van der Waals surface area contributed by atoms with Crippen molar-refractivity contribution in [2.75, 3.05) is 5.32 Å². The number of amides is 1. The molecule has 2 N–H and O–H groups in total. The van der Waals surface area contributed by atoms with E-state index >= 15 is 0 Å². The SMILES string of the molecule is Cc1ccc(S(=O)(=O)N[C@@H](Cc2ccccc2)C(=O)Nc2c(C(C)C)cccc2C(C)C)cc1. The summed E-state index contributed by atoms with van der Waals surface area (Å²) in [7, 11) is -3.90. The van der Waals surface area contributed by atoms with E-state index in [1.165, 1.54) is 0 Å². The summed E-state index contributed by atoms with van der Waals surface area (Å²) in [5.74, 6) is 0.0196. The molecule has 0 fully saturated rings. The number of hydrogen-bond acceptors (Lipinski definition) is 3. The van der Waals surface area contributed by atoms with E-state index in [4.69, 9.17) is 0 Å². The van der Waals surface area contributed by atoms with Crippen molar-refractivity contribution in [1.82, 2.24) is 4.72 Å². The van der Waals surface area contributed by atoms with Gasteiger partial charge in [0.15, 0.2) is 0 Å². The summed E-state index contributed by atoms with van der Waals surface area (Å²) in [6, 6.07) is 21.1. The number of anilines is 1. The largest absolute Gasteiger partial charge is 0.324 e. The Morgan fingerprint density at radius 2 is 1.35 bits per heavy atom. The van der Waals surface area contributed by atoms with Crippen LogP contribution in [-0.4, -0.2) is 20.4 Å². The third-order valence-corrected chi connectivity index (χ3v) is 7.34. The van der Waals surface area contributed by atoms with Gasteiger partial charge in [-0.2, -0.15) is 4.72 Å². The molecule has 0 aliphatic heterocycles. The predicted octanol–water partition coefficient (Wildman–Crippen LogP) is 5.77. The van der Waals surface area contributed by atoms with Gasteiger partial charge in [-0.3, -0.25) is 4.79 Å². The van der Waals surface area contributed by atoms with Crippen LogP contribution in [-0.2, 0) is 21.2 Å². The van der Waals surface area contributed by atoms with Crippen molar-refractivity contribution in [3.63, 3.8) is 0 Å². The molecular weight excluding hydrogens is 444 g/mol. The van der Waals surface area contributed by atoms with E-state index in [0.29, 0.717) is 0 Å². The van der Waals surface area contributed by atoms with Gasteiger partial charge in [0.1, 0.15) is 6.04 Å². The predicted molar refractivity (Wildman–Crippen MR) is 139 cm³/mol. The maximum atomic E-state index is 13.6. The lowest BCUT2D eigenvalue weighted by molar-refractivity contribution is -0.117. The Morgan fingerprint density at radius 3 is 1.88 bits per heavy atom. The number of nitrogens with one attached hydrogen (secondary N) is 2.